The first kappa shape index (κ1) is 15.3. The van der Waals surface area contributed by atoms with E-state index in [2.05, 4.69) is 12.2 Å². The zero-order valence-corrected chi connectivity index (χ0v) is 12.1. The highest BCUT2D eigenvalue weighted by atomic mass is 19.1. The van der Waals surface area contributed by atoms with Crippen molar-refractivity contribution in [1.82, 2.24) is 5.32 Å². The molecular weight excluding hydrogens is 257 g/mol. The van der Waals surface area contributed by atoms with Crippen LogP contribution >= 0.6 is 0 Å². The molecule has 0 saturated heterocycles. The Morgan fingerprint density at radius 3 is 2.65 bits per heavy atom. The smallest absolute Gasteiger partial charge is 0.123 e. The van der Waals surface area contributed by atoms with Crippen molar-refractivity contribution in [2.75, 3.05) is 19.7 Å². The maximum absolute atomic E-state index is 12.7. The van der Waals surface area contributed by atoms with Crippen molar-refractivity contribution in [3.8, 4) is 5.75 Å². The van der Waals surface area contributed by atoms with Gasteiger partial charge in [-0.15, -0.1) is 0 Å². The number of hydrogen-bond donors (Lipinski definition) is 2. The van der Waals surface area contributed by atoms with Gasteiger partial charge in [-0.05, 0) is 48.9 Å². The van der Waals surface area contributed by atoms with E-state index in [1.165, 1.54) is 37.8 Å². The molecule has 112 valence electrons. The lowest BCUT2D eigenvalue weighted by Gasteiger charge is -2.17. The van der Waals surface area contributed by atoms with Crippen LogP contribution < -0.4 is 10.1 Å². The fourth-order valence-corrected chi connectivity index (χ4v) is 2.51. The minimum Gasteiger partial charge on any atom is -0.491 e. The Morgan fingerprint density at radius 2 is 2.05 bits per heavy atom. The summed E-state index contributed by atoms with van der Waals surface area (Å²) in [5, 5.41) is 13.2. The monoisotopic (exact) mass is 281 g/mol. The molecule has 0 heterocycles. The van der Waals surface area contributed by atoms with E-state index in [9.17, 15) is 9.50 Å². The van der Waals surface area contributed by atoms with Crippen LogP contribution in [0.15, 0.2) is 24.3 Å². The number of ether oxygens (including phenoxy) is 1. The van der Waals surface area contributed by atoms with Crippen LogP contribution in [0, 0.1) is 11.2 Å². The lowest BCUT2D eigenvalue weighted by atomic mass is 10.0. The molecule has 0 radical (unpaired) electrons. The zero-order chi connectivity index (χ0) is 14.4. The Kier molecular flexibility index (Phi) is 5.38. The molecular formula is C16H24FNO2. The van der Waals surface area contributed by atoms with E-state index in [4.69, 9.17) is 4.74 Å². The molecule has 1 aliphatic carbocycles. The molecule has 2 N–H and O–H groups in total. The Bertz CT molecular complexity index is 403. The summed E-state index contributed by atoms with van der Waals surface area (Å²) in [4.78, 5) is 0. The molecule has 1 unspecified atom stereocenters. The quantitative estimate of drug-likeness (QED) is 0.731. The molecule has 1 aromatic rings. The van der Waals surface area contributed by atoms with Gasteiger partial charge in [0.05, 0.1) is 0 Å². The number of aliphatic hydroxyl groups excluding tert-OH is 1. The Labute approximate surface area is 120 Å². The highest BCUT2D eigenvalue weighted by Gasteiger charge is 2.40. The maximum atomic E-state index is 12.7. The van der Waals surface area contributed by atoms with Crippen molar-refractivity contribution in [2.45, 2.75) is 38.7 Å². The van der Waals surface area contributed by atoms with Crippen LogP contribution in [0.25, 0.3) is 0 Å². The number of benzene rings is 1. The summed E-state index contributed by atoms with van der Waals surface area (Å²) in [6, 6.07) is 5.83. The van der Waals surface area contributed by atoms with Crippen LogP contribution in [0.4, 0.5) is 4.39 Å². The van der Waals surface area contributed by atoms with E-state index < -0.39 is 6.10 Å². The van der Waals surface area contributed by atoms with Gasteiger partial charge in [0.15, 0.2) is 0 Å². The molecule has 4 heteroatoms. The van der Waals surface area contributed by atoms with Gasteiger partial charge in [0.1, 0.15) is 24.3 Å². The second-order valence-corrected chi connectivity index (χ2v) is 5.80. The van der Waals surface area contributed by atoms with Gasteiger partial charge >= 0.3 is 0 Å². The summed E-state index contributed by atoms with van der Waals surface area (Å²) in [5.41, 5.74) is 0.492. The van der Waals surface area contributed by atoms with Gasteiger partial charge in [-0.1, -0.05) is 13.3 Å². The number of halogens is 1. The summed E-state index contributed by atoms with van der Waals surface area (Å²) < 4.78 is 18.1. The molecule has 0 aliphatic heterocycles. The number of hydrogen-bond acceptors (Lipinski definition) is 3. The molecule has 0 bridgehead atoms. The van der Waals surface area contributed by atoms with E-state index >= 15 is 0 Å². The molecule has 1 atom stereocenters. The predicted octanol–water partition coefficient (Wildman–Crippen LogP) is 2.74. The number of aliphatic hydroxyl groups is 1. The summed E-state index contributed by atoms with van der Waals surface area (Å²) in [6.45, 7) is 3.95. The molecule has 1 aromatic carbocycles. The molecule has 1 saturated carbocycles. The number of rotatable bonds is 9. The van der Waals surface area contributed by atoms with Crippen molar-refractivity contribution in [3.63, 3.8) is 0 Å². The predicted molar refractivity (Wildman–Crippen MR) is 77.3 cm³/mol. The maximum Gasteiger partial charge on any atom is 0.123 e. The van der Waals surface area contributed by atoms with E-state index in [0.29, 0.717) is 17.7 Å². The molecule has 0 aromatic heterocycles. The van der Waals surface area contributed by atoms with Gasteiger partial charge in [-0.25, -0.2) is 4.39 Å². The van der Waals surface area contributed by atoms with Gasteiger partial charge in [-0.3, -0.25) is 0 Å². The van der Waals surface area contributed by atoms with Crippen molar-refractivity contribution >= 4 is 0 Å². The first-order valence-corrected chi connectivity index (χ1v) is 7.41. The fraction of sp³-hybridized carbons (Fsp3) is 0.625. The molecule has 3 nitrogen and oxygen atoms in total. The summed E-state index contributed by atoms with van der Waals surface area (Å²) in [6.07, 6.45) is 4.55. The molecule has 20 heavy (non-hydrogen) atoms. The van der Waals surface area contributed by atoms with Crippen LogP contribution in [0.5, 0.6) is 5.75 Å². The van der Waals surface area contributed by atoms with Crippen molar-refractivity contribution in [1.29, 1.82) is 0 Å². The topological polar surface area (TPSA) is 41.5 Å². The highest BCUT2D eigenvalue weighted by Crippen LogP contribution is 2.48. The third kappa shape index (κ3) is 4.76. The third-order valence-corrected chi connectivity index (χ3v) is 3.87. The Hall–Kier alpha value is -1.13. The first-order chi connectivity index (χ1) is 9.63. The third-order valence-electron chi connectivity index (χ3n) is 3.87. The van der Waals surface area contributed by atoms with Crippen LogP contribution in [0.1, 0.15) is 32.6 Å². The molecule has 1 aliphatic rings. The Balaban J connectivity index is 1.61. The molecule has 0 amide bonds. The second kappa shape index (κ2) is 7.04. The van der Waals surface area contributed by atoms with Crippen molar-refractivity contribution < 1.29 is 14.2 Å². The lowest BCUT2D eigenvalue weighted by molar-refractivity contribution is 0.105. The largest absolute Gasteiger partial charge is 0.491 e. The zero-order valence-electron chi connectivity index (χ0n) is 12.1. The van der Waals surface area contributed by atoms with Crippen LogP contribution in [0.3, 0.4) is 0 Å². The average molecular weight is 281 g/mol. The van der Waals surface area contributed by atoms with E-state index in [0.717, 1.165) is 6.54 Å². The standard InChI is InChI=1S/C16H24FNO2/c1-2-7-16(8-9-16)12-18-10-14(19)11-20-15-5-3-13(17)4-6-15/h3-6,14,18-19H,2,7-12H2,1H3. The van der Waals surface area contributed by atoms with E-state index in [-0.39, 0.29) is 12.4 Å². The first-order valence-electron chi connectivity index (χ1n) is 7.41. The molecule has 0 spiro atoms. The van der Waals surface area contributed by atoms with Gasteiger partial charge in [-0.2, -0.15) is 0 Å². The van der Waals surface area contributed by atoms with Gasteiger partial charge < -0.3 is 15.2 Å². The van der Waals surface area contributed by atoms with E-state index in [1.807, 2.05) is 0 Å². The molecule has 1 fully saturated rings. The average Bonchev–Trinajstić information content (AvgIpc) is 3.18. The summed E-state index contributed by atoms with van der Waals surface area (Å²) >= 11 is 0. The van der Waals surface area contributed by atoms with E-state index in [1.54, 1.807) is 12.1 Å². The second-order valence-electron chi connectivity index (χ2n) is 5.80. The van der Waals surface area contributed by atoms with Crippen LogP contribution in [-0.4, -0.2) is 30.9 Å². The normalized spacial score (nSPS) is 17.8. The lowest BCUT2D eigenvalue weighted by Crippen LogP contribution is -2.34. The van der Waals surface area contributed by atoms with Crippen LogP contribution in [-0.2, 0) is 0 Å². The minimum absolute atomic E-state index is 0.222. The van der Waals surface area contributed by atoms with Gasteiger partial charge in [0, 0.05) is 13.1 Å². The summed E-state index contributed by atoms with van der Waals surface area (Å²) in [7, 11) is 0. The molecule has 2 rings (SSSR count). The van der Waals surface area contributed by atoms with Gasteiger partial charge in [0.2, 0.25) is 0 Å². The van der Waals surface area contributed by atoms with Crippen LogP contribution in [0.2, 0.25) is 0 Å². The fourth-order valence-electron chi connectivity index (χ4n) is 2.51. The van der Waals surface area contributed by atoms with Crippen molar-refractivity contribution in [3.05, 3.63) is 30.1 Å². The van der Waals surface area contributed by atoms with Gasteiger partial charge in [0.25, 0.3) is 0 Å². The Morgan fingerprint density at radius 1 is 1.35 bits per heavy atom. The highest BCUT2D eigenvalue weighted by molar-refractivity contribution is 5.22. The number of nitrogens with one attached hydrogen (secondary N) is 1. The summed E-state index contributed by atoms with van der Waals surface area (Å²) in [5.74, 6) is 0.292. The van der Waals surface area contributed by atoms with Crippen molar-refractivity contribution in [2.24, 2.45) is 5.41 Å². The minimum atomic E-state index is -0.544. The SMILES string of the molecule is CCCC1(CNCC(O)COc2ccc(F)cc2)CC1.